The maximum atomic E-state index is 9.81. The van der Waals surface area contributed by atoms with Crippen LogP contribution in [0.5, 0.6) is 5.75 Å². The van der Waals surface area contributed by atoms with E-state index in [4.69, 9.17) is 29.3 Å². The first-order valence-corrected chi connectivity index (χ1v) is 10.7. The molecule has 4 N–H and O–H groups in total. The second-order valence-corrected chi connectivity index (χ2v) is 7.12. The number of para-hydroxylation sites is 1. The van der Waals surface area contributed by atoms with Gasteiger partial charge in [-0.3, -0.25) is 0 Å². The van der Waals surface area contributed by atoms with Gasteiger partial charge in [0, 0.05) is 13.1 Å². The van der Waals surface area contributed by atoms with E-state index < -0.39 is 11.9 Å². The van der Waals surface area contributed by atoms with Gasteiger partial charge in [-0.15, -0.1) is 0 Å². The van der Waals surface area contributed by atoms with Crippen molar-refractivity contribution in [2.75, 3.05) is 26.3 Å². The number of aliphatic carboxylic acids is 2. The molecule has 0 aromatic heterocycles. The summed E-state index contributed by atoms with van der Waals surface area (Å²) in [6.45, 7) is 1.73. The third kappa shape index (κ3) is 9.83. The van der Waals surface area contributed by atoms with Crippen molar-refractivity contribution in [1.82, 2.24) is 5.32 Å². The quantitative estimate of drug-likeness (QED) is 0.251. The van der Waals surface area contributed by atoms with Gasteiger partial charge in [-0.05, 0) is 23.3 Å². The third-order valence-electron chi connectivity index (χ3n) is 4.58. The van der Waals surface area contributed by atoms with Crippen LogP contribution < -0.4 is 10.1 Å². The Balaban J connectivity index is 0.000000604. The molecule has 34 heavy (non-hydrogen) atoms. The van der Waals surface area contributed by atoms with Gasteiger partial charge in [-0.25, -0.2) is 9.59 Å². The van der Waals surface area contributed by atoms with E-state index >= 15 is 0 Å². The van der Waals surface area contributed by atoms with Crippen LogP contribution in [0.2, 0.25) is 0 Å². The summed E-state index contributed by atoms with van der Waals surface area (Å²) in [5.74, 6) is -2.79. The number of ether oxygens (including phenoxy) is 2. The zero-order valence-corrected chi connectivity index (χ0v) is 18.6. The normalized spacial score (nSPS) is 11.2. The number of carboxylic acids is 2. The Morgan fingerprint density at radius 2 is 1.24 bits per heavy atom. The number of carbonyl (C=O) groups is 2. The van der Waals surface area contributed by atoms with Crippen LogP contribution in [0.3, 0.4) is 0 Å². The first-order valence-electron chi connectivity index (χ1n) is 10.7. The van der Waals surface area contributed by atoms with Crippen LogP contribution in [0.25, 0.3) is 0 Å². The fraction of sp³-hybridized carbons (Fsp3) is 0.231. The SMILES string of the molecule is O=C(O)C(=O)O.OCC(CNCCOc1ccccc1)OC(c1ccccc1)c1ccccc1. The monoisotopic (exact) mass is 467 g/mol. The molecule has 0 bridgehead atoms. The molecular weight excluding hydrogens is 438 g/mol. The molecule has 3 rings (SSSR count). The highest BCUT2D eigenvalue weighted by molar-refractivity contribution is 6.27. The van der Waals surface area contributed by atoms with Gasteiger partial charge in [0.05, 0.1) is 12.7 Å². The van der Waals surface area contributed by atoms with Crippen LogP contribution in [0.1, 0.15) is 17.2 Å². The van der Waals surface area contributed by atoms with E-state index in [9.17, 15) is 5.11 Å². The number of nitrogens with one attached hydrogen (secondary N) is 1. The van der Waals surface area contributed by atoms with Crippen LogP contribution in [-0.4, -0.2) is 59.7 Å². The number of hydrogen-bond acceptors (Lipinski definition) is 6. The molecule has 0 radical (unpaired) electrons. The molecule has 180 valence electrons. The number of hydrogen-bond donors (Lipinski definition) is 4. The maximum Gasteiger partial charge on any atom is 0.414 e. The van der Waals surface area contributed by atoms with E-state index in [1.54, 1.807) is 0 Å². The Morgan fingerprint density at radius 1 is 0.765 bits per heavy atom. The van der Waals surface area contributed by atoms with Gasteiger partial charge in [0.25, 0.3) is 0 Å². The molecule has 0 aliphatic heterocycles. The fourth-order valence-corrected chi connectivity index (χ4v) is 2.97. The zero-order valence-electron chi connectivity index (χ0n) is 18.6. The largest absolute Gasteiger partial charge is 0.492 e. The van der Waals surface area contributed by atoms with Crippen molar-refractivity contribution in [3.8, 4) is 5.75 Å². The minimum absolute atomic E-state index is 0.0529. The third-order valence-corrected chi connectivity index (χ3v) is 4.58. The summed E-state index contributed by atoms with van der Waals surface area (Å²) in [4.78, 5) is 18.2. The number of rotatable bonds is 11. The Kier molecular flexibility index (Phi) is 11.8. The first kappa shape index (κ1) is 26.5. The Bertz CT molecular complexity index is 917. The molecule has 3 aromatic rings. The summed E-state index contributed by atoms with van der Waals surface area (Å²) in [6, 6.07) is 29.9. The molecule has 0 saturated carbocycles. The molecule has 1 atom stereocenters. The molecule has 0 amide bonds. The number of benzene rings is 3. The average molecular weight is 468 g/mol. The van der Waals surface area contributed by atoms with Crippen molar-refractivity contribution in [3.05, 3.63) is 102 Å². The van der Waals surface area contributed by atoms with Crippen molar-refractivity contribution < 1.29 is 34.4 Å². The molecule has 0 aliphatic rings. The zero-order chi connectivity index (χ0) is 24.6. The van der Waals surface area contributed by atoms with E-state index in [0.29, 0.717) is 19.7 Å². The predicted molar refractivity (Wildman–Crippen MR) is 127 cm³/mol. The van der Waals surface area contributed by atoms with Gasteiger partial charge in [0.2, 0.25) is 0 Å². The lowest BCUT2D eigenvalue weighted by molar-refractivity contribution is -0.159. The number of carboxylic acid groups (broad SMARTS) is 2. The molecule has 0 spiro atoms. The van der Waals surface area contributed by atoms with E-state index in [2.05, 4.69) is 5.32 Å². The van der Waals surface area contributed by atoms with Crippen LogP contribution >= 0.6 is 0 Å². The van der Waals surface area contributed by atoms with Gasteiger partial charge < -0.3 is 30.1 Å². The highest BCUT2D eigenvalue weighted by atomic mass is 16.5. The van der Waals surface area contributed by atoms with Crippen molar-refractivity contribution >= 4 is 11.9 Å². The van der Waals surface area contributed by atoms with Crippen LogP contribution in [0.4, 0.5) is 0 Å². The van der Waals surface area contributed by atoms with Gasteiger partial charge in [0.15, 0.2) is 0 Å². The molecule has 0 aliphatic carbocycles. The summed E-state index contributed by atoms with van der Waals surface area (Å²) in [5.41, 5.74) is 2.14. The molecule has 8 nitrogen and oxygen atoms in total. The average Bonchev–Trinajstić information content (AvgIpc) is 2.87. The summed E-state index contributed by atoms with van der Waals surface area (Å²) in [5, 5.41) is 27.9. The van der Waals surface area contributed by atoms with E-state index in [1.165, 1.54) is 0 Å². The van der Waals surface area contributed by atoms with E-state index in [1.807, 2.05) is 91.0 Å². The van der Waals surface area contributed by atoms with E-state index in [-0.39, 0.29) is 18.8 Å². The highest BCUT2D eigenvalue weighted by Crippen LogP contribution is 2.27. The molecule has 0 saturated heterocycles. The van der Waals surface area contributed by atoms with Gasteiger partial charge in [-0.2, -0.15) is 0 Å². The second-order valence-electron chi connectivity index (χ2n) is 7.12. The number of aliphatic hydroxyl groups excluding tert-OH is 1. The Labute approximate surface area is 198 Å². The molecular formula is C26H29NO7. The lowest BCUT2D eigenvalue weighted by Gasteiger charge is -2.25. The lowest BCUT2D eigenvalue weighted by atomic mass is 10.0. The second kappa shape index (κ2) is 15.2. The van der Waals surface area contributed by atoms with Crippen molar-refractivity contribution in [1.29, 1.82) is 0 Å². The topological polar surface area (TPSA) is 125 Å². The van der Waals surface area contributed by atoms with Crippen molar-refractivity contribution in [3.63, 3.8) is 0 Å². The van der Waals surface area contributed by atoms with Gasteiger partial charge >= 0.3 is 11.9 Å². The summed E-state index contributed by atoms with van der Waals surface area (Å²) in [6.07, 6.45) is -0.538. The Hall–Kier alpha value is -3.72. The standard InChI is InChI=1S/C24H27NO3.C2H2O4/c26-19-23(18-25-16-17-27-22-14-8-3-9-15-22)28-24(20-10-4-1-5-11-20)21-12-6-2-7-13-21;3-1(4)2(5)6/h1-15,23-26H,16-19H2;(H,3,4)(H,5,6). The van der Waals surface area contributed by atoms with E-state index in [0.717, 1.165) is 16.9 Å². The minimum Gasteiger partial charge on any atom is -0.492 e. The molecule has 3 aromatic carbocycles. The van der Waals surface area contributed by atoms with Crippen LogP contribution in [-0.2, 0) is 14.3 Å². The lowest BCUT2D eigenvalue weighted by Crippen LogP contribution is -2.35. The molecule has 0 fully saturated rings. The smallest absolute Gasteiger partial charge is 0.414 e. The molecule has 8 heteroatoms. The predicted octanol–water partition coefficient (Wildman–Crippen LogP) is 2.98. The van der Waals surface area contributed by atoms with Crippen LogP contribution in [0.15, 0.2) is 91.0 Å². The number of aliphatic hydroxyl groups is 1. The van der Waals surface area contributed by atoms with Crippen LogP contribution in [0, 0.1) is 0 Å². The van der Waals surface area contributed by atoms with Gasteiger partial charge in [-0.1, -0.05) is 78.9 Å². The van der Waals surface area contributed by atoms with Crippen molar-refractivity contribution in [2.24, 2.45) is 0 Å². The van der Waals surface area contributed by atoms with Gasteiger partial charge in [0.1, 0.15) is 18.5 Å². The first-order chi connectivity index (χ1) is 16.5. The molecule has 1 unspecified atom stereocenters. The molecule has 0 heterocycles. The van der Waals surface area contributed by atoms with Crippen molar-refractivity contribution in [2.45, 2.75) is 12.2 Å². The minimum atomic E-state index is -1.82. The summed E-state index contributed by atoms with van der Waals surface area (Å²) in [7, 11) is 0. The fourth-order valence-electron chi connectivity index (χ4n) is 2.97. The summed E-state index contributed by atoms with van der Waals surface area (Å²) >= 11 is 0. The Morgan fingerprint density at radius 3 is 1.68 bits per heavy atom. The maximum absolute atomic E-state index is 9.81. The summed E-state index contributed by atoms with van der Waals surface area (Å²) < 4.78 is 12.0. The highest BCUT2D eigenvalue weighted by Gasteiger charge is 2.19.